The van der Waals surface area contributed by atoms with Gasteiger partial charge in [0.05, 0.1) is 22.6 Å². The topological polar surface area (TPSA) is 24.9 Å². The van der Waals surface area contributed by atoms with Gasteiger partial charge in [-0.15, -0.1) is 0 Å². The Balaban J connectivity index is 1.22. The Morgan fingerprint density at radius 3 is 1.13 bits per heavy atom. The zero-order valence-electron chi connectivity index (χ0n) is 35.0. The van der Waals surface area contributed by atoms with E-state index in [1.807, 2.05) is 0 Å². The van der Waals surface area contributed by atoms with Gasteiger partial charge in [-0.05, 0) is 121 Å². The second-order valence-corrected chi connectivity index (χ2v) is 16.9. The standard InChI is InChI=1S/C56H47BN2O2/c1-55(2)56(3,4)61-57(60-55)46-37-49(58(53-27-15-23-44-21-11-13-25-51(44)53)47-33-29-42(30-34-47)40-17-7-5-8-18-40)39-50(38-46)59(54-28-16-24-45-22-12-14-26-52(45)54)48-35-31-43(32-36-48)41-19-9-6-10-20-41/h5-39H,1-4H3. The molecule has 0 unspecified atom stereocenters. The van der Waals surface area contributed by atoms with Crippen LogP contribution >= 0.6 is 0 Å². The van der Waals surface area contributed by atoms with Crippen LogP contribution in [0.2, 0.25) is 0 Å². The predicted octanol–water partition coefficient (Wildman–Crippen LogP) is 14.6. The number of nitrogens with zero attached hydrogens (tertiary/aromatic N) is 2. The molecular weight excluding hydrogens is 743 g/mol. The van der Waals surface area contributed by atoms with Crippen molar-refractivity contribution in [3.05, 3.63) is 212 Å². The Labute approximate surface area is 359 Å². The molecule has 296 valence electrons. The molecule has 1 heterocycles. The van der Waals surface area contributed by atoms with Crippen LogP contribution in [-0.2, 0) is 9.31 Å². The first kappa shape index (κ1) is 38.3. The van der Waals surface area contributed by atoms with Crippen molar-refractivity contribution in [2.24, 2.45) is 0 Å². The molecule has 1 saturated heterocycles. The van der Waals surface area contributed by atoms with E-state index in [2.05, 4.69) is 250 Å². The first-order valence-corrected chi connectivity index (χ1v) is 21.1. The summed E-state index contributed by atoms with van der Waals surface area (Å²) in [6.45, 7) is 8.46. The van der Waals surface area contributed by atoms with Crippen LogP contribution in [0.1, 0.15) is 27.7 Å². The lowest BCUT2D eigenvalue weighted by Gasteiger charge is -2.32. The summed E-state index contributed by atoms with van der Waals surface area (Å²) in [4.78, 5) is 4.77. The molecule has 0 amide bonds. The number of hydrogen-bond donors (Lipinski definition) is 0. The SMILES string of the molecule is CC1(C)OB(c2cc(N(c3ccc(-c4ccccc4)cc3)c3cccc4ccccc34)cc(N(c3ccc(-c4ccccc4)cc3)c3cccc4ccccc34)c2)OC1(C)C. The molecule has 10 rings (SSSR count). The molecule has 0 aromatic heterocycles. The zero-order chi connectivity index (χ0) is 41.6. The highest BCUT2D eigenvalue weighted by atomic mass is 16.7. The van der Waals surface area contributed by atoms with Gasteiger partial charge in [0.25, 0.3) is 0 Å². The number of hydrogen-bond acceptors (Lipinski definition) is 4. The average Bonchev–Trinajstić information content (AvgIpc) is 3.53. The fraction of sp³-hybridized carbons (Fsp3) is 0.107. The van der Waals surface area contributed by atoms with Crippen molar-refractivity contribution in [2.75, 3.05) is 9.80 Å². The number of benzene rings is 9. The summed E-state index contributed by atoms with van der Waals surface area (Å²) in [6.07, 6.45) is 0. The molecule has 0 saturated carbocycles. The molecule has 1 aliphatic rings. The minimum atomic E-state index is -0.603. The van der Waals surface area contributed by atoms with E-state index in [-0.39, 0.29) is 0 Å². The molecule has 0 radical (unpaired) electrons. The van der Waals surface area contributed by atoms with Gasteiger partial charge < -0.3 is 19.1 Å². The minimum absolute atomic E-state index is 0.529. The average molecular weight is 791 g/mol. The van der Waals surface area contributed by atoms with Crippen LogP contribution in [-0.4, -0.2) is 18.3 Å². The van der Waals surface area contributed by atoms with E-state index in [1.165, 1.54) is 21.9 Å². The Kier molecular flexibility index (Phi) is 9.79. The molecule has 9 aromatic rings. The van der Waals surface area contributed by atoms with Gasteiger partial charge in [0, 0.05) is 33.5 Å². The smallest absolute Gasteiger partial charge is 0.399 e. The summed E-state index contributed by atoms with van der Waals surface area (Å²) in [7, 11) is -0.603. The zero-order valence-corrected chi connectivity index (χ0v) is 35.0. The first-order chi connectivity index (χ1) is 29.7. The number of fused-ring (bicyclic) bond motifs is 2. The van der Waals surface area contributed by atoms with Crippen molar-refractivity contribution in [1.29, 1.82) is 0 Å². The molecule has 0 atom stereocenters. The van der Waals surface area contributed by atoms with Crippen molar-refractivity contribution in [3.63, 3.8) is 0 Å². The maximum atomic E-state index is 6.85. The molecule has 5 heteroatoms. The summed E-state index contributed by atoms with van der Waals surface area (Å²) in [5.74, 6) is 0. The van der Waals surface area contributed by atoms with Gasteiger partial charge in [0.15, 0.2) is 0 Å². The summed E-state index contributed by atoms with van der Waals surface area (Å²) in [5, 5.41) is 4.65. The molecule has 0 spiro atoms. The molecular formula is C56H47BN2O2. The largest absolute Gasteiger partial charge is 0.494 e. The molecule has 1 aliphatic heterocycles. The number of rotatable bonds is 9. The van der Waals surface area contributed by atoms with E-state index >= 15 is 0 Å². The van der Waals surface area contributed by atoms with Gasteiger partial charge in [-0.1, -0.05) is 158 Å². The summed E-state index contributed by atoms with van der Waals surface area (Å²) in [5.41, 5.74) is 10.8. The molecule has 1 fully saturated rings. The third-order valence-corrected chi connectivity index (χ3v) is 12.4. The highest BCUT2D eigenvalue weighted by Gasteiger charge is 2.52. The fourth-order valence-electron chi connectivity index (χ4n) is 8.52. The Morgan fingerprint density at radius 2 is 0.705 bits per heavy atom. The van der Waals surface area contributed by atoms with Gasteiger partial charge in [0.2, 0.25) is 0 Å². The second-order valence-electron chi connectivity index (χ2n) is 16.9. The normalized spacial score (nSPS) is 14.3. The van der Waals surface area contributed by atoms with Crippen LogP contribution in [0, 0.1) is 0 Å². The minimum Gasteiger partial charge on any atom is -0.399 e. The first-order valence-electron chi connectivity index (χ1n) is 21.1. The van der Waals surface area contributed by atoms with Gasteiger partial charge in [0.1, 0.15) is 0 Å². The van der Waals surface area contributed by atoms with Gasteiger partial charge in [-0.3, -0.25) is 0 Å². The summed E-state index contributed by atoms with van der Waals surface area (Å²) < 4.78 is 13.7. The van der Waals surface area contributed by atoms with Crippen molar-refractivity contribution in [1.82, 2.24) is 0 Å². The van der Waals surface area contributed by atoms with Crippen LogP contribution in [0.15, 0.2) is 212 Å². The van der Waals surface area contributed by atoms with Gasteiger partial charge >= 0.3 is 7.12 Å². The van der Waals surface area contributed by atoms with Crippen LogP contribution in [0.25, 0.3) is 43.8 Å². The van der Waals surface area contributed by atoms with Gasteiger partial charge in [-0.2, -0.15) is 0 Å². The van der Waals surface area contributed by atoms with Crippen LogP contribution < -0.4 is 15.3 Å². The molecule has 61 heavy (non-hydrogen) atoms. The van der Waals surface area contributed by atoms with Crippen molar-refractivity contribution >= 4 is 68.3 Å². The Morgan fingerprint density at radius 1 is 0.344 bits per heavy atom. The fourth-order valence-corrected chi connectivity index (χ4v) is 8.52. The maximum absolute atomic E-state index is 6.85. The summed E-state index contributed by atoms with van der Waals surface area (Å²) in [6, 6.07) is 76.1. The summed E-state index contributed by atoms with van der Waals surface area (Å²) >= 11 is 0. The molecule has 0 aliphatic carbocycles. The van der Waals surface area contributed by atoms with E-state index in [4.69, 9.17) is 9.31 Å². The third kappa shape index (κ3) is 7.27. The van der Waals surface area contributed by atoms with Crippen molar-refractivity contribution in [3.8, 4) is 22.3 Å². The predicted molar refractivity (Wildman–Crippen MR) is 257 cm³/mol. The van der Waals surface area contributed by atoms with Crippen LogP contribution in [0.4, 0.5) is 34.1 Å². The molecule has 9 aromatic carbocycles. The van der Waals surface area contributed by atoms with E-state index in [0.717, 1.165) is 61.5 Å². The van der Waals surface area contributed by atoms with Crippen molar-refractivity contribution < 1.29 is 9.31 Å². The Hall–Kier alpha value is -6.92. The lowest BCUT2D eigenvalue weighted by molar-refractivity contribution is 0.00578. The monoisotopic (exact) mass is 790 g/mol. The lowest BCUT2D eigenvalue weighted by atomic mass is 9.78. The van der Waals surface area contributed by atoms with Crippen LogP contribution in [0.5, 0.6) is 0 Å². The van der Waals surface area contributed by atoms with E-state index in [9.17, 15) is 0 Å². The van der Waals surface area contributed by atoms with E-state index < -0.39 is 18.3 Å². The highest BCUT2D eigenvalue weighted by Crippen LogP contribution is 2.45. The van der Waals surface area contributed by atoms with Crippen molar-refractivity contribution in [2.45, 2.75) is 38.9 Å². The Bertz CT molecular complexity index is 2770. The van der Waals surface area contributed by atoms with Gasteiger partial charge in [-0.25, -0.2) is 0 Å². The highest BCUT2D eigenvalue weighted by molar-refractivity contribution is 6.62. The molecule has 0 N–H and O–H groups in total. The molecule has 0 bridgehead atoms. The van der Waals surface area contributed by atoms with E-state index in [1.54, 1.807) is 0 Å². The number of anilines is 6. The maximum Gasteiger partial charge on any atom is 0.494 e. The lowest BCUT2D eigenvalue weighted by Crippen LogP contribution is -2.41. The third-order valence-electron chi connectivity index (χ3n) is 12.4. The molecule has 4 nitrogen and oxygen atoms in total. The second kappa shape index (κ2) is 15.6. The van der Waals surface area contributed by atoms with E-state index in [0.29, 0.717) is 0 Å². The quantitative estimate of drug-likeness (QED) is 0.136. The van der Waals surface area contributed by atoms with Crippen LogP contribution in [0.3, 0.4) is 0 Å².